The predicted molar refractivity (Wildman–Crippen MR) is 276 cm³/mol. The minimum Gasteiger partial charge on any atom is -0.508 e. The van der Waals surface area contributed by atoms with Crippen LogP contribution in [0.2, 0.25) is 0 Å². The Morgan fingerprint density at radius 2 is 0.848 bits per heavy atom. The second-order valence-corrected chi connectivity index (χ2v) is 23.7. The van der Waals surface area contributed by atoms with E-state index in [-0.39, 0.29) is 48.9 Å². The van der Waals surface area contributed by atoms with Gasteiger partial charge in [0, 0.05) is 0 Å². The van der Waals surface area contributed by atoms with Gasteiger partial charge >= 0.3 is 26.2 Å². The molecule has 2 nitrogen and oxygen atoms in total. The summed E-state index contributed by atoms with van der Waals surface area (Å²) in [4.78, 5) is 0. The zero-order valence-corrected chi connectivity index (χ0v) is 43.7. The zero-order valence-electron chi connectivity index (χ0n) is 40.2. The van der Waals surface area contributed by atoms with Crippen LogP contribution in [0, 0.1) is 39.8 Å². The topological polar surface area (TPSA) is 40.5 Å². The van der Waals surface area contributed by atoms with Crippen LogP contribution in [0.15, 0.2) is 181 Å². The Hall–Kier alpha value is -5.54. The van der Waals surface area contributed by atoms with Crippen molar-refractivity contribution in [1.82, 2.24) is 0 Å². The van der Waals surface area contributed by atoms with Crippen molar-refractivity contribution in [3.05, 3.63) is 249 Å². The summed E-state index contributed by atoms with van der Waals surface area (Å²) in [6, 6.07) is 43.5. The first-order valence-corrected chi connectivity index (χ1v) is 25.0. The minimum atomic E-state index is -2.88. The van der Waals surface area contributed by atoms with Gasteiger partial charge in [0.15, 0.2) is 0 Å². The third-order valence-electron chi connectivity index (χ3n) is 13.2. The number of phenolic OH excluding ortho intramolecular Hbond substituents is 2. The molecule has 0 spiro atoms. The molecule has 6 aromatic rings. The van der Waals surface area contributed by atoms with E-state index in [4.69, 9.17) is 0 Å². The van der Waals surface area contributed by atoms with Crippen molar-refractivity contribution in [3.8, 4) is 11.5 Å². The van der Waals surface area contributed by atoms with Crippen LogP contribution in [0.25, 0.3) is 0 Å². The van der Waals surface area contributed by atoms with E-state index in [1.807, 2.05) is 38.1 Å². The summed E-state index contributed by atoms with van der Waals surface area (Å²) in [6.07, 6.45) is 25.7. The average Bonchev–Trinajstić information content (AvgIpc) is 3.85. The molecule has 0 fully saturated rings. The second kappa shape index (κ2) is 19.4. The third-order valence-corrected chi connectivity index (χ3v) is 18.4. The molecule has 0 aromatic heterocycles. The number of aryl methyl sites for hydroxylation is 4. The second-order valence-electron chi connectivity index (χ2n) is 20.1. The van der Waals surface area contributed by atoms with Crippen molar-refractivity contribution < 1.29 is 36.4 Å². The van der Waals surface area contributed by atoms with Crippen molar-refractivity contribution >= 4 is 28.8 Å². The van der Waals surface area contributed by atoms with E-state index in [0.29, 0.717) is 11.5 Å². The van der Waals surface area contributed by atoms with Crippen molar-refractivity contribution in [2.45, 2.75) is 91.9 Å². The van der Waals surface area contributed by atoms with Crippen molar-refractivity contribution in [2.24, 2.45) is 0 Å². The maximum absolute atomic E-state index is 9.57. The fourth-order valence-corrected chi connectivity index (χ4v) is 15.7. The molecule has 0 heterocycles. The number of allylic oxidation sites excluding steroid dienone is 10. The molecule has 0 bridgehead atoms. The molecule has 0 saturated heterocycles. The maximum Gasteiger partial charge on any atom is 2.00 e. The van der Waals surface area contributed by atoms with E-state index in [1.54, 1.807) is 12.1 Å². The van der Waals surface area contributed by atoms with Gasteiger partial charge in [-0.25, -0.2) is 0 Å². The summed E-state index contributed by atoms with van der Waals surface area (Å²) < 4.78 is 0. The van der Waals surface area contributed by atoms with Crippen LogP contribution >= 0.6 is 0 Å². The molecule has 4 aliphatic rings. The van der Waals surface area contributed by atoms with Crippen LogP contribution in [0.4, 0.5) is 0 Å². The molecule has 0 aliphatic heterocycles. The Labute approximate surface area is 414 Å². The first-order valence-electron chi connectivity index (χ1n) is 23.0. The molecule has 0 saturated carbocycles. The van der Waals surface area contributed by atoms with Crippen molar-refractivity contribution in [3.63, 3.8) is 0 Å². The fraction of sp³-hybridized carbons (Fsp3) is 0.226. The Balaban J connectivity index is 0.000000213. The smallest absolute Gasteiger partial charge is 0.508 e. The van der Waals surface area contributed by atoms with E-state index in [0.717, 1.165) is 11.1 Å². The molecule has 10 rings (SSSR count). The van der Waals surface area contributed by atoms with Gasteiger partial charge in [0.1, 0.15) is 11.5 Å². The molecular formula is C62H62O2SiZr. The summed E-state index contributed by atoms with van der Waals surface area (Å²) in [5.41, 5.74) is 15.0. The van der Waals surface area contributed by atoms with E-state index in [9.17, 15) is 10.2 Å². The maximum atomic E-state index is 9.57. The number of hydrogen-bond acceptors (Lipinski definition) is 2. The number of hydrogen-bond donors (Lipinski definition) is 2. The summed E-state index contributed by atoms with van der Waals surface area (Å²) in [5, 5.41) is 24.9. The summed E-state index contributed by atoms with van der Waals surface area (Å²) in [7, 11) is -2.88. The molecule has 66 heavy (non-hydrogen) atoms. The quantitative estimate of drug-likeness (QED) is 0.105. The number of phenols is 2. The van der Waals surface area contributed by atoms with Crippen LogP contribution in [-0.4, -0.2) is 18.3 Å². The van der Waals surface area contributed by atoms with E-state index >= 15 is 0 Å². The standard InChI is InChI=1S/C40H30Si.2C11H16O.Zr/c1-27-21-23-35-33-19-11-9-13-29(33)25-37(35)39(27)41(31-15-5-3-6-16-31,32-17-7-4-8-18-32)40-28(2)22-24-36-34-20-12-10-14-30(34)26-38(36)40;2*1-8-5-6-10(12)9(7-8)11(2,3)4;/h3-24,33-34H,1-2H3;2*5-7,12H,1-4H3;/q-2;;;+2. The molecule has 0 radical (unpaired) electrons. The van der Waals surface area contributed by atoms with E-state index in [2.05, 4.69) is 201 Å². The summed E-state index contributed by atoms with van der Waals surface area (Å²) >= 11 is 0. The van der Waals surface area contributed by atoms with Gasteiger partial charge < -0.3 is 10.2 Å². The zero-order chi connectivity index (χ0) is 46.3. The Bertz CT molecular complexity index is 2750. The van der Waals surface area contributed by atoms with E-state index < -0.39 is 8.07 Å². The van der Waals surface area contributed by atoms with Crippen molar-refractivity contribution in [2.75, 3.05) is 0 Å². The third kappa shape index (κ3) is 9.25. The van der Waals surface area contributed by atoms with Crippen molar-refractivity contribution in [1.29, 1.82) is 0 Å². The van der Waals surface area contributed by atoms with Crippen LogP contribution in [0.5, 0.6) is 11.5 Å². The Morgan fingerprint density at radius 3 is 1.20 bits per heavy atom. The SMILES string of the molecule is Cc1ccc(O)c(C(C)(C)C)c1.Cc1ccc(O)c(C(C)(C)C)c1.Cc1ccc2c(c1[Si](c1ccccc1)(c1ccccc1)c1c(C)ccc3c1[C-]=C1C=CC=CC13)[C-]=C1C=CC=CC12.[Zr+2]. The van der Waals surface area contributed by atoms with Gasteiger partial charge in [-0.2, -0.15) is 0 Å². The number of benzene rings is 6. The molecule has 0 amide bonds. The predicted octanol–water partition coefficient (Wildman–Crippen LogP) is 12.3. The molecule has 2 N–H and O–H groups in total. The van der Waals surface area contributed by atoms with Crippen LogP contribution < -0.4 is 20.7 Å². The molecule has 4 aliphatic carbocycles. The van der Waals surface area contributed by atoms with Gasteiger partial charge in [-0.1, -0.05) is 196 Å². The van der Waals surface area contributed by atoms with Gasteiger partial charge in [-0.3, -0.25) is 0 Å². The van der Waals surface area contributed by atoms with E-state index in [1.165, 1.54) is 76.4 Å². The number of aromatic hydroxyl groups is 2. The van der Waals surface area contributed by atoms with Crippen LogP contribution in [-0.2, 0) is 37.0 Å². The monoisotopic (exact) mass is 956 g/mol. The minimum absolute atomic E-state index is 0. The van der Waals surface area contributed by atoms with Gasteiger partial charge in [0.25, 0.3) is 0 Å². The summed E-state index contributed by atoms with van der Waals surface area (Å²) in [5.74, 6) is 1.32. The number of rotatable bonds is 4. The first kappa shape index (κ1) is 48.4. The van der Waals surface area contributed by atoms with Crippen LogP contribution in [0.3, 0.4) is 0 Å². The van der Waals surface area contributed by atoms with Gasteiger partial charge in [0.2, 0.25) is 0 Å². The van der Waals surface area contributed by atoms with Gasteiger partial charge in [0.05, 0.1) is 8.07 Å². The fourth-order valence-electron chi connectivity index (χ4n) is 10.1. The Morgan fingerprint density at radius 1 is 0.470 bits per heavy atom. The molecule has 330 valence electrons. The molecule has 4 heteroatoms. The number of fused-ring (bicyclic) bond motifs is 6. The first-order chi connectivity index (χ1) is 31.0. The van der Waals surface area contributed by atoms with Gasteiger partial charge in [-0.15, -0.1) is 92.4 Å². The Kier molecular flexibility index (Phi) is 14.2. The largest absolute Gasteiger partial charge is 2.00 e. The summed E-state index contributed by atoms with van der Waals surface area (Å²) in [6.45, 7) is 21.3. The molecule has 6 aromatic carbocycles. The van der Waals surface area contributed by atoms with Gasteiger partial charge in [-0.05, 0) is 73.6 Å². The normalized spacial score (nSPS) is 16.3. The van der Waals surface area contributed by atoms with Crippen LogP contribution in [0.1, 0.15) is 109 Å². The molecule has 2 unspecified atom stereocenters. The average molecular weight is 958 g/mol. The molecular weight excluding hydrogens is 896 g/mol. The molecule has 2 atom stereocenters.